The van der Waals surface area contributed by atoms with Crippen molar-refractivity contribution in [3.63, 3.8) is 0 Å². The third kappa shape index (κ3) is 2.30. The Kier molecular flexibility index (Phi) is 4.64. The Labute approximate surface area is 162 Å². The van der Waals surface area contributed by atoms with Crippen molar-refractivity contribution in [1.29, 1.82) is 0 Å². The van der Waals surface area contributed by atoms with Crippen LogP contribution in [0, 0.1) is 11.8 Å². The number of nitrogens with zero attached hydrogens (tertiary/aromatic N) is 1. The van der Waals surface area contributed by atoms with E-state index in [1.165, 1.54) is 4.90 Å². The summed E-state index contributed by atoms with van der Waals surface area (Å²) in [7, 11) is 0. The van der Waals surface area contributed by atoms with E-state index in [-0.39, 0.29) is 53.1 Å². The summed E-state index contributed by atoms with van der Waals surface area (Å²) in [6.07, 6.45) is 1.88. The molecule has 4 atom stereocenters. The molecule has 0 spiro atoms. The van der Waals surface area contributed by atoms with E-state index in [4.69, 9.17) is 0 Å². The van der Waals surface area contributed by atoms with Gasteiger partial charge in [-0.25, -0.2) is 0 Å². The molecule has 0 bridgehead atoms. The number of carbonyl (C=O) groups excluding carboxylic acids is 2. The SMILES string of the molecule is C[C@@H](O)[C@H]1C(=O)N2C(C(=O)[O-])=C3c4ccccc4CCC[C@@H]3[C@H]12.[Na+]. The smallest absolute Gasteiger partial charge is 0.543 e. The molecule has 4 rings (SSSR count). The molecule has 1 aliphatic carbocycles. The molecular formula is C18H18NNaO4. The van der Waals surface area contributed by atoms with E-state index < -0.39 is 18.0 Å². The Balaban J connectivity index is 0.00000169. The maximum Gasteiger partial charge on any atom is 1.00 e. The van der Waals surface area contributed by atoms with E-state index in [0.717, 1.165) is 36.0 Å². The van der Waals surface area contributed by atoms with Gasteiger partial charge in [-0.05, 0) is 42.9 Å². The van der Waals surface area contributed by atoms with Gasteiger partial charge in [-0.1, -0.05) is 24.3 Å². The third-order valence-electron chi connectivity index (χ3n) is 5.45. The maximum atomic E-state index is 12.4. The molecule has 1 saturated heterocycles. The quantitative estimate of drug-likeness (QED) is 0.472. The molecule has 2 heterocycles. The molecule has 1 aromatic carbocycles. The zero-order valence-corrected chi connectivity index (χ0v) is 15.9. The first-order chi connectivity index (χ1) is 11.0. The summed E-state index contributed by atoms with van der Waals surface area (Å²) < 4.78 is 0. The third-order valence-corrected chi connectivity index (χ3v) is 5.45. The van der Waals surface area contributed by atoms with Gasteiger partial charge in [0.05, 0.1) is 29.7 Å². The summed E-state index contributed by atoms with van der Waals surface area (Å²) in [5, 5.41) is 21.7. The number of carboxylic acid groups (broad SMARTS) is 1. The first-order valence-electron chi connectivity index (χ1n) is 8.07. The molecule has 1 aromatic rings. The minimum absolute atomic E-state index is 0. The van der Waals surface area contributed by atoms with E-state index in [1.54, 1.807) is 6.92 Å². The molecule has 2 aliphatic heterocycles. The second-order valence-electron chi connectivity index (χ2n) is 6.67. The minimum atomic E-state index is -1.30. The number of hydrogen-bond acceptors (Lipinski definition) is 4. The van der Waals surface area contributed by atoms with Crippen LogP contribution in [0.5, 0.6) is 0 Å². The molecule has 1 N–H and O–H groups in total. The largest absolute Gasteiger partial charge is 1.00 e. The molecule has 0 saturated carbocycles. The van der Waals surface area contributed by atoms with Crippen molar-refractivity contribution < 1.29 is 49.4 Å². The average molecular weight is 335 g/mol. The Bertz CT molecular complexity index is 742. The van der Waals surface area contributed by atoms with Crippen LogP contribution in [-0.4, -0.2) is 34.0 Å². The molecule has 0 aromatic heterocycles. The number of carboxylic acids is 1. The van der Waals surface area contributed by atoms with Gasteiger partial charge in [0.2, 0.25) is 5.91 Å². The topological polar surface area (TPSA) is 80.7 Å². The number of rotatable bonds is 2. The van der Waals surface area contributed by atoms with Gasteiger partial charge in [0.1, 0.15) is 0 Å². The molecule has 0 radical (unpaired) electrons. The zero-order valence-electron chi connectivity index (χ0n) is 13.9. The van der Waals surface area contributed by atoms with Crippen LogP contribution in [0.1, 0.15) is 30.9 Å². The number of hydrogen-bond donors (Lipinski definition) is 1. The van der Waals surface area contributed by atoms with Gasteiger partial charge >= 0.3 is 29.6 Å². The van der Waals surface area contributed by atoms with Crippen LogP contribution in [0.15, 0.2) is 30.0 Å². The van der Waals surface area contributed by atoms with Crippen molar-refractivity contribution in [2.45, 2.75) is 38.3 Å². The number of carbonyl (C=O) groups is 2. The van der Waals surface area contributed by atoms with Crippen LogP contribution >= 0.6 is 0 Å². The van der Waals surface area contributed by atoms with Crippen LogP contribution in [0.2, 0.25) is 0 Å². The van der Waals surface area contributed by atoms with Crippen molar-refractivity contribution in [2.75, 3.05) is 0 Å². The number of benzene rings is 1. The van der Waals surface area contributed by atoms with Gasteiger partial charge in [-0.3, -0.25) is 4.79 Å². The number of amides is 1. The second-order valence-corrected chi connectivity index (χ2v) is 6.67. The number of aryl methyl sites for hydroxylation is 1. The van der Waals surface area contributed by atoms with E-state index in [9.17, 15) is 19.8 Å². The fraction of sp³-hybridized carbons (Fsp3) is 0.444. The number of aliphatic carboxylic acids is 1. The number of β-lactam (4-membered cyclic amide) rings is 1. The molecule has 120 valence electrons. The van der Waals surface area contributed by atoms with Crippen molar-refractivity contribution in [2.24, 2.45) is 11.8 Å². The molecule has 24 heavy (non-hydrogen) atoms. The van der Waals surface area contributed by atoms with Gasteiger partial charge in [-0.2, -0.15) is 0 Å². The summed E-state index contributed by atoms with van der Waals surface area (Å²) in [6, 6.07) is 7.54. The van der Waals surface area contributed by atoms with E-state index in [1.807, 2.05) is 24.3 Å². The fourth-order valence-electron chi connectivity index (χ4n) is 4.55. The summed E-state index contributed by atoms with van der Waals surface area (Å²) in [4.78, 5) is 25.5. The van der Waals surface area contributed by atoms with E-state index in [0.29, 0.717) is 0 Å². The van der Waals surface area contributed by atoms with Gasteiger partial charge in [-0.15, -0.1) is 0 Å². The van der Waals surface area contributed by atoms with Crippen LogP contribution < -0.4 is 34.7 Å². The van der Waals surface area contributed by atoms with Crippen LogP contribution in [0.4, 0.5) is 0 Å². The first kappa shape index (κ1) is 17.7. The molecule has 1 fully saturated rings. The molecule has 0 unspecified atom stereocenters. The average Bonchev–Trinajstić information content (AvgIpc) is 2.66. The Morgan fingerprint density at radius 1 is 1.38 bits per heavy atom. The summed E-state index contributed by atoms with van der Waals surface area (Å²) in [5.74, 6) is -2.16. The van der Waals surface area contributed by atoms with Gasteiger partial charge in [0, 0.05) is 5.92 Å². The Morgan fingerprint density at radius 3 is 2.75 bits per heavy atom. The van der Waals surface area contributed by atoms with Crippen molar-refractivity contribution >= 4 is 17.4 Å². The fourth-order valence-corrected chi connectivity index (χ4v) is 4.55. The van der Waals surface area contributed by atoms with E-state index >= 15 is 0 Å². The molecular weight excluding hydrogens is 317 g/mol. The monoisotopic (exact) mass is 335 g/mol. The predicted molar refractivity (Wildman–Crippen MR) is 80.6 cm³/mol. The second kappa shape index (κ2) is 6.30. The normalized spacial score (nSPS) is 28.8. The number of aliphatic hydroxyl groups is 1. The van der Waals surface area contributed by atoms with Crippen LogP contribution in [0.25, 0.3) is 5.57 Å². The summed E-state index contributed by atoms with van der Waals surface area (Å²) >= 11 is 0. The molecule has 1 amide bonds. The molecule has 3 aliphatic rings. The Morgan fingerprint density at radius 2 is 2.08 bits per heavy atom. The standard InChI is InChI=1S/C18H19NO4.Na/c1-9(20)13-15-12-8-4-6-10-5-2-3-7-11(10)14(12)16(18(22)23)19(15)17(13)21;/h2-3,5,7,9,12-13,15,20H,4,6,8H2,1H3,(H,22,23);/q;+1/p-1/t9-,12+,13-,15-;/m1./s1. The molecule has 6 heteroatoms. The van der Waals surface area contributed by atoms with Crippen LogP contribution in [-0.2, 0) is 16.0 Å². The Hall–Kier alpha value is -1.14. The first-order valence-corrected chi connectivity index (χ1v) is 8.07. The van der Waals surface area contributed by atoms with Crippen molar-refractivity contribution in [1.82, 2.24) is 4.90 Å². The van der Waals surface area contributed by atoms with Gasteiger partial charge in [0.15, 0.2) is 0 Å². The zero-order chi connectivity index (χ0) is 16.3. The van der Waals surface area contributed by atoms with Crippen LogP contribution in [0.3, 0.4) is 0 Å². The van der Waals surface area contributed by atoms with Gasteiger partial charge in [0.25, 0.3) is 0 Å². The van der Waals surface area contributed by atoms with Crippen molar-refractivity contribution in [3.05, 3.63) is 41.1 Å². The number of aliphatic hydroxyl groups excluding tert-OH is 1. The van der Waals surface area contributed by atoms with Gasteiger partial charge < -0.3 is 19.9 Å². The molecule has 5 nitrogen and oxygen atoms in total. The number of fused-ring (bicyclic) bond motifs is 5. The maximum absolute atomic E-state index is 12.4. The minimum Gasteiger partial charge on any atom is -0.543 e. The summed E-state index contributed by atoms with van der Waals surface area (Å²) in [5.41, 5.74) is 2.77. The predicted octanol–water partition coefficient (Wildman–Crippen LogP) is -2.67. The summed E-state index contributed by atoms with van der Waals surface area (Å²) in [6.45, 7) is 1.60. The van der Waals surface area contributed by atoms with Crippen molar-refractivity contribution in [3.8, 4) is 0 Å². The van der Waals surface area contributed by atoms with E-state index in [2.05, 4.69) is 0 Å².